The highest BCUT2D eigenvalue weighted by molar-refractivity contribution is 7.11. The zero-order valence-electron chi connectivity index (χ0n) is 14.4. The van der Waals surface area contributed by atoms with Crippen LogP contribution in [0.25, 0.3) is 0 Å². The number of rotatable bonds is 7. The molecule has 0 aliphatic carbocycles. The second-order valence-corrected chi connectivity index (χ2v) is 7.30. The molecule has 1 heterocycles. The third-order valence-corrected chi connectivity index (χ3v) is 4.74. The van der Waals surface area contributed by atoms with Gasteiger partial charge in [0.05, 0.1) is 6.54 Å². The van der Waals surface area contributed by atoms with Gasteiger partial charge in [0.2, 0.25) is 11.8 Å². The Kier molecular flexibility index (Phi) is 6.55. The minimum absolute atomic E-state index is 0.0489. The van der Waals surface area contributed by atoms with Crippen molar-refractivity contribution in [2.45, 2.75) is 39.8 Å². The molecule has 1 aromatic heterocycles. The zero-order valence-corrected chi connectivity index (χ0v) is 15.2. The molecule has 1 aromatic carbocycles. The summed E-state index contributed by atoms with van der Waals surface area (Å²) in [4.78, 5) is 28.2. The summed E-state index contributed by atoms with van der Waals surface area (Å²) in [5, 5.41) is 2.69. The molecule has 1 unspecified atom stereocenters. The first-order chi connectivity index (χ1) is 11.5. The lowest BCUT2D eigenvalue weighted by atomic mass is 10.1. The fourth-order valence-electron chi connectivity index (χ4n) is 2.57. The first-order valence-corrected chi connectivity index (χ1v) is 8.92. The minimum Gasteiger partial charge on any atom is -0.345 e. The predicted molar refractivity (Wildman–Crippen MR) is 97.9 cm³/mol. The molecule has 0 aliphatic heterocycles. The molecule has 0 saturated heterocycles. The van der Waals surface area contributed by atoms with Crippen LogP contribution in [0.2, 0.25) is 0 Å². The third kappa shape index (κ3) is 5.49. The lowest BCUT2D eigenvalue weighted by Gasteiger charge is -2.26. The second-order valence-electron chi connectivity index (χ2n) is 5.93. The average Bonchev–Trinajstić information content (AvgIpc) is 2.96. The van der Waals surface area contributed by atoms with Crippen molar-refractivity contribution in [3.63, 3.8) is 0 Å². The fourth-order valence-corrected chi connectivity index (χ4v) is 3.48. The van der Waals surface area contributed by atoms with Crippen LogP contribution in [0.3, 0.4) is 0 Å². The van der Waals surface area contributed by atoms with Gasteiger partial charge in [-0.2, -0.15) is 0 Å². The zero-order chi connectivity index (χ0) is 17.5. The average molecular weight is 344 g/mol. The summed E-state index contributed by atoms with van der Waals surface area (Å²) in [6, 6.07) is 13.7. The van der Waals surface area contributed by atoms with E-state index in [-0.39, 0.29) is 11.8 Å². The Hall–Kier alpha value is -2.14. The number of benzene rings is 1. The molecule has 5 heteroatoms. The number of amides is 2. The summed E-state index contributed by atoms with van der Waals surface area (Å²) >= 11 is 1.70. The van der Waals surface area contributed by atoms with Gasteiger partial charge in [-0.15, -0.1) is 11.3 Å². The molecule has 1 atom stereocenters. The van der Waals surface area contributed by atoms with Crippen LogP contribution in [-0.4, -0.2) is 29.3 Å². The SMILES string of the molecule is CC(=O)NC(C)C(=O)N(CCc1ccccc1)Cc1ccc(C)s1. The standard InChI is InChI=1S/C19H24N2O2S/c1-14-9-10-18(24-14)13-21(19(23)15(2)20-16(3)22)12-11-17-7-5-4-6-8-17/h4-10,15H,11-13H2,1-3H3,(H,20,22). The highest BCUT2D eigenvalue weighted by Crippen LogP contribution is 2.18. The smallest absolute Gasteiger partial charge is 0.245 e. The minimum atomic E-state index is -0.515. The molecule has 2 aromatic rings. The number of aryl methyl sites for hydroxylation is 1. The number of nitrogens with one attached hydrogen (secondary N) is 1. The molecule has 4 nitrogen and oxygen atoms in total. The molecule has 128 valence electrons. The van der Waals surface area contributed by atoms with Gasteiger partial charge in [0.15, 0.2) is 0 Å². The summed E-state index contributed by atoms with van der Waals surface area (Å²) in [5.74, 6) is -0.238. The van der Waals surface area contributed by atoms with Gasteiger partial charge < -0.3 is 10.2 Å². The highest BCUT2D eigenvalue weighted by Gasteiger charge is 2.21. The molecule has 0 radical (unpaired) electrons. The van der Waals surface area contributed by atoms with Crippen LogP contribution in [0.5, 0.6) is 0 Å². The summed E-state index contributed by atoms with van der Waals surface area (Å²) in [5.41, 5.74) is 1.20. The lowest BCUT2D eigenvalue weighted by Crippen LogP contribution is -2.46. The van der Waals surface area contributed by atoms with Crippen molar-refractivity contribution in [3.05, 3.63) is 57.8 Å². The van der Waals surface area contributed by atoms with Crippen LogP contribution in [0, 0.1) is 6.92 Å². The van der Waals surface area contributed by atoms with E-state index in [1.807, 2.05) is 23.1 Å². The molecule has 0 spiro atoms. The van der Waals surface area contributed by atoms with E-state index in [4.69, 9.17) is 0 Å². The number of hydrogen-bond donors (Lipinski definition) is 1. The summed E-state index contributed by atoms with van der Waals surface area (Å²) in [6.07, 6.45) is 0.795. The van der Waals surface area contributed by atoms with E-state index < -0.39 is 6.04 Å². The van der Waals surface area contributed by atoms with Crippen molar-refractivity contribution in [1.29, 1.82) is 0 Å². The fraction of sp³-hybridized carbons (Fsp3) is 0.368. The van der Waals surface area contributed by atoms with Crippen molar-refractivity contribution < 1.29 is 9.59 Å². The van der Waals surface area contributed by atoms with Crippen molar-refractivity contribution in [3.8, 4) is 0 Å². The van der Waals surface area contributed by atoms with Crippen LogP contribution in [0.15, 0.2) is 42.5 Å². The topological polar surface area (TPSA) is 49.4 Å². The van der Waals surface area contributed by atoms with Crippen LogP contribution in [0.4, 0.5) is 0 Å². The molecular weight excluding hydrogens is 320 g/mol. The highest BCUT2D eigenvalue weighted by atomic mass is 32.1. The van der Waals surface area contributed by atoms with E-state index in [9.17, 15) is 9.59 Å². The number of carbonyl (C=O) groups is 2. The second kappa shape index (κ2) is 8.64. The van der Waals surface area contributed by atoms with E-state index in [2.05, 4.69) is 36.5 Å². The molecule has 0 bridgehead atoms. The van der Waals surface area contributed by atoms with Crippen LogP contribution < -0.4 is 5.32 Å². The van der Waals surface area contributed by atoms with Crippen LogP contribution in [-0.2, 0) is 22.6 Å². The molecule has 2 rings (SSSR count). The third-order valence-electron chi connectivity index (χ3n) is 3.76. The Balaban J connectivity index is 2.07. The van der Waals surface area contributed by atoms with E-state index in [1.54, 1.807) is 18.3 Å². The van der Waals surface area contributed by atoms with E-state index in [0.29, 0.717) is 13.1 Å². The Morgan fingerprint density at radius 3 is 2.46 bits per heavy atom. The van der Waals surface area contributed by atoms with E-state index in [0.717, 1.165) is 11.3 Å². The molecule has 0 saturated carbocycles. The number of hydrogen-bond acceptors (Lipinski definition) is 3. The molecular formula is C19H24N2O2S. The van der Waals surface area contributed by atoms with Crippen molar-refractivity contribution in [2.24, 2.45) is 0 Å². The maximum atomic E-state index is 12.7. The summed E-state index contributed by atoms with van der Waals surface area (Å²) in [6.45, 7) is 6.43. The Labute approximate surface area is 147 Å². The summed E-state index contributed by atoms with van der Waals surface area (Å²) in [7, 11) is 0. The Morgan fingerprint density at radius 2 is 1.88 bits per heavy atom. The monoisotopic (exact) mass is 344 g/mol. The number of nitrogens with zero attached hydrogens (tertiary/aromatic N) is 1. The van der Waals surface area contributed by atoms with Gasteiger partial charge in [0.1, 0.15) is 6.04 Å². The quantitative estimate of drug-likeness (QED) is 0.839. The van der Waals surface area contributed by atoms with Gasteiger partial charge in [-0.3, -0.25) is 9.59 Å². The van der Waals surface area contributed by atoms with Gasteiger partial charge in [0.25, 0.3) is 0 Å². The normalized spacial score (nSPS) is 11.8. The first kappa shape index (κ1) is 18.2. The maximum Gasteiger partial charge on any atom is 0.245 e. The molecule has 24 heavy (non-hydrogen) atoms. The largest absolute Gasteiger partial charge is 0.345 e. The maximum absolute atomic E-state index is 12.7. The molecule has 1 N–H and O–H groups in total. The molecule has 2 amide bonds. The van der Waals surface area contributed by atoms with Crippen molar-refractivity contribution in [2.75, 3.05) is 6.54 Å². The van der Waals surface area contributed by atoms with Gasteiger partial charge >= 0.3 is 0 Å². The van der Waals surface area contributed by atoms with Crippen molar-refractivity contribution in [1.82, 2.24) is 10.2 Å². The van der Waals surface area contributed by atoms with Gasteiger partial charge in [-0.1, -0.05) is 30.3 Å². The first-order valence-electron chi connectivity index (χ1n) is 8.11. The summed E-state index contributed by atoms with van der Waals surface area (Å²) < 4.78 is 0. The van der Waals surface area contributed by atoms with Crippen molar-refractivity contribution >= 4 is 23.2 Å². The van der Waals surface area contributed by atoms with Gasteiger partial charge in [-0.05, 0) is 38.0 Å². The molecule has 0 fully saturated rings. The predicted octanol–water partition coefficient (Wildman–Crippen LogP) is 3.15. The van der Waals surface area contributed by atoms with E-state index >= 15 is 0 Å². The lowest BCUT2D eigenvalue weighted by molar-refractivity contribution is -0.136. The van der Waals surface area contributed by atoms with Crippen LogP contribution >= 0.6 is 11.3 Å². The molecule has 0 aliphatic rings. The van der Waals surface area contributed by atoms with E-state index in [1.165, 1.54) is 17.4 Å². The number of carbonyl (C=O) groups excluding carboxylic acids is 2. The Bertz CT molecular complexity index is 682. The van der Waals surface area contributed by atoms with Gasteiger partial charge in [-0.25, -0.2) is 0 Å². The number of thiophene rings is 1. The van der Waals surface area contributed by atoms with Gasteiger partial charge in [0, 0.05) is 23.2 Å². The Morgan fingerprint density at radius 1 is 1.17 bits per heavy atom. The van der Waals surface area contributed by atoms with Crippen LogP contribution in [0.1, 0.15) is 29.2 Å².